The lowest BCUT2D eigenvalue weighted by molar-refractivity contribution is 0.138. The third kappa shape index (κ3) is 3.03. The summed E-state index contributed by atoms with van der Waals surface area (Å²) in [5.74, 6) is 1.40. The standard InChI is InChI=1S/C16H21NO3/c1-17(2)10-14(18)12-6-5-11-8-15(19-3)16(20-4)9-13(11)7-12/h5-9,14,18H,10H2,1-4H3. The molecule has 1 N–H and O–H groups in total. The Labute approximate surface area is 119 Å². The van der Waals surface area contributed by atoms with Crippen LogP contribution in [0.4, 0.5) is 0 Å². The Hall–Kier alpha value is -1.78. The zero-order valence-electron chi connectivity index (χ0n) is 12.4. The van der Waals surface area contributed by atoms with Gasteiger partial charge in [0.1, 0.15) is 0 Å². The molecule has 0 heterocycles. The monoisotopic (exact) mass is 275 g/mol. The number of aliphatic hydroxyl groups excluding tert-OH is 1. The van der Waals surface area contributed by atoms with E-state index in [2.05, 4.69) is 0 Å². The molecular formula is C16H21NO3. The van der Waals surface area contributed by atoms with Crippen molar-refractivity contribution in [3.63, 3.8) is 0 Å². The van der Waals surface area contributed by atoms with E-state index in [9.17, 15) is 5.11 Å². The molecule has 108 valence electrons. The van der Waals surface area contributed by atoms with Gasteiger partial charge in [0.25, 0.3) is 0 Å². The smallest absolute Gasteiger partial charge is 0.161 e. The first-order valence-electron chi connectivity index (χ1n) is 6.53. The fourth-order valence-corrected chi connectivity index (χ4v) is 2.25. The number of fused-ring (bicyclic) bond motifs is 1. The van der Waals surface area contributed by atoms with E-state index in [4.69, 9.17) is 9.47 Å². The van der Waals surface area contributed by atoms with Crippen molar-refractivity contribution < 1.29 is 14.6 Å². The number of likely N-dealkylation sites (N-methyl/N-ethyl adjacent to an activating group) is 1. The van der Waals surface area contributed by atoms with Crippen LogP contribution in [0.2, 0.25) is 0 Å². The number of nitrogens with zero attached hydrogens (tertiary/aromatic N) is 1. The maximum Gasteiger partial charge on any atom is 0.161 e. The van der Waals surface area contributed by atoms with Gasteiger partial charge in [-0.05, 0) is 48.6 Å². The molecule has 1 atom stereocenters. The molecule has 0 fully saturated rings. The Morgan fingerprint density at radius 3 is 2.15 bits per heavy atom. The van der Waals surface area contributed by atoms with Crippen LogP contribution in [0.1, 0.15) is 11.7 Å². The van der Waals surface area contributed by atoms with Crippen molar-refractivity contribution in [1.29, 1.82) is 0 Å². The number of rotatable bonds is 5. The predicted octanol–water partition coefficient (Wildman–Crippen LogP) is 2.45. The zero-order valence-corrected chi connectivity index (χ0v) is 12.4. The Bertz CT molecular complexity index is 596. The second kappa shape index (κ2) is 6.11. The molecule has 0 saturated carbocycles. The minimum absolute atomic E-state index is 0.498. The van der Waals surface area contributed by atoms with E-state index < -0.39 is 6.10 Å². The molecule has 4 nitrogen and oxygen atoms in total. The highest BCUT2D eigenvalue weighted by Gasteiger charge is 2.11. The highest BCUT2D eigenvalue weighted by Crippen LogP contribution is 2.33. The molecule has 0 spiro atoms. The normalized spacial score (nSPS) is 12.7. The van der Waals surface area contributed by atoms with Crippen LogP contribution in [0.15, 0.2) is 30.3 Å². The van der Waals surface area contributed by atoms with Gasteiger partial charge in [0.15, 0.2) is 11.5 Å². The van der Waals surface area contributed by atoms with Gasteiger partial charge in [-0.15, -0.1) is 0 Å². The van der Waals surface area contributed by atoms with Crippen molar-refractivity contribution in [2.45, 2.75) is 6.10 Å². The molecule has 0 bridgehead atoms. The maximum atomic E-state index is 10.2. The lowest BCUT2D eigenvalue weighted by atomic mass is 10.0. The largest absolute Gasteiger partial charge is 0.493 e. The van der Waals surface area contributed by atoms with Crippen LogP contribution in [0.5, 0.6) is 11.5 Å². The molecule has 0 aliphatic rings. The van der Waals surface area contributed by atoms with E-state index in [0.717, 1.165) is 16.3 Å². The molecule has 0 saturated heterocycles. The second-order valence-corrected chi connectivity index (χ2v) is 5.09. The van der Waals surface area contributed by atoms with Gasteiger partial charge in [-0.25, -0.2) is 0 Å². The first-order chi connectivity index (χ1) is 9.55. The molecule has 2 aromatic rings. The molecule has 0 aromatic heterocycles. The number of methoxy groups -OCH3 is 2. The molecule has 4 heteroatoms. The fourth-order valence-electron chi connectivity index (χ4n) is 2.25. The van der Waals surface area contributed by atoms with E-state index in [0.29, 0.717) is 18.0 Å². The van der Waals surface area contributed by atoms with Crippen molar-refractivity contribution in [3.05, 3.63) is 35.9 Å². The topological polar surface area (TPSA) is 41.9 Å². The first kappa shape index (κ1) is 14.6. The summed E-state index contributed by atoms with van der Waals surface area (Å²) in [4.78, 5) is 1.96. The van der Waals surface area contributed by atoms with Gasteiger partial charge in [-0.1, -0.05) is 12.1 Å². The van der Waals surface area contributed by atoms with Crippen molar-refractivity contribution in [2.24, 2.45) is 0 Å². The van der Waals surface area contributed by atoms with E-state index in [1.54, 1.807) is 14.2 Å². The molecule has 2 rings (SSSR count). The fraction of sp³-hybridized carbons (Fsp3) is 0.375. The molecular weight excluding hydrogens is 254 g/mol. The van der Waals surface area contributed by atoms with Crippen LogP contribution in [0, 0.1) is 0 Å². The number of benzene rings is 2. The summed E-state index contributed by atoms with van der Waals surface area (Å²) >= 11 is 0. The van der Waals surface area contributed by atoms with Crippen LogP contribution in [-0.4, -0.2) is 44.9 Å². The SMILES string of the molecule is COc1cc2ccc(C(O)CN(C)C)cc2cc1OC. The van der Waals surface area contributed by atoms with E-state index in [1.807, 2.05) is 49.3 Å². The summed E-state index contributed by atoms with van der Waals surface area (Å²) < 4.78 is 10.6. The van der Waals surface area contributed by atoms with Crippen LogP contribution in [0.3, 0.4) is 0 Å². The van der Waals surface area contributed by atoms with Gasteiger partial charge in [-0.3, -0.25) is 0 Å². The molecule has 2 aromatic carbocycles. The van der Waals surface area contributed by atoms with Gasteiger partial charge >= 0.3 is 0 Å². The summed E-state index contributed by atoms with van der Waals surface area (Å²) in [6, 6.07) is 9.80. The van der Waals surface area contributed by atoms with Crippen LogP contribution < -0.4 is 9.47 Å². The summed E-state index contributed by atoms with van der Waals surface area (Å²) in [5, 5.41) is 12.3. The third-order valence-corrected chi connectivity index (χ3v) is 3.29. The summed E-state index contributed by atoms with van der Waals surface area (Å²) in [7, 11) is 7.13. The molecule has 0 aliphatic heterocycles. The van der Waals surface area contributed by atoms with Crippen molar-refractivity contribution >= 4 is 10.8 Å². The molecule has 0 aliphatic carbocycles. The van der Waals surface area contributed by atoms with Crippen molar-refractivity contribution in [3.8, 4) is 11.5 Å². The molecule has 0 radical (unpaired) electrons. The Morgan fingerprint density at radius 2 is 1.60 bits per heavy atom. The average Bonchev–Trinajstić information content (AvgIpc) is 2.44. The summed E-state index contributed by atoms with van der Waals surface area (Å²) in [5.41, 5.74) is 0.901. The number of ether oxygens (including phenoxy) is 2. The van der Waals surface area contributed by atoms with Gasteiger partial charge in [0.05, 0.1) is 20.3 Å². The van der Waals surface area contributed by atoms with E-state index in [1.165, 1.54) is 0 Å². The van der Waals surface area contributed by atoms with Gasteiger partial charge in [-0.2, -0.15) is 0 Å². The van der Waals surface area contributed by atoms with Crippen molar-refractivity contribution in [2.75, 3.05) is 34.9 Å². The summed E-state index contributed by atoms with van der Waals surface area (Å²) in [6.07, 6.45) is -0.498. The minimum atomic E-state index is -0.498. The van der Waals surface area contributed by atoms with Gasteiger partial charge in [0, 0.05) is 6.54 Å². The molecule has 0 amide bonds. The number of aliphatic hydroxyl groups is 1. The lowest BCUT2D eigenvalue weighted by Gasteiger charge is -2.17. The third-order valence-electron chi connectivity index (χ3n) is 3.29. The lowest BCUT2D eigenvalue weighted by Crippen LogP contribution is -2.19. The van der Waals surface area contributed by atoms with Crippen LogP contribution in [0.25, 0.3) is 10.8 Å². The van der Waals surface area contributed by atoms with Crippen LogP contribution in [-0.2, 0) is 0 Å². The van der Waals surface area contributed by atoms with Crippen molar-refractivity contribution in [1.82, 2.24) is 4.90 Å². The predicted molar refractivity (Wildman–Crippen MR) is 80.6 cm³/mol. The number of hydrogen-bond acceptors (Lipinski definition) is 4. The van der Waals surface area contributed by atoms with E-state index >= 15 is 0 Å². The zero-order chi connectivity index (χ0) is 14.7. The molecule has 20 heavy (non-hydrogen) atoms. The minimum Gasteiger partial charge on any atom is -0.493 e. The summed E-state index contributed by atoms with van der Waals surface area (Å²) in [6.45, 7) is 0.596. The molecule has 1 unspecified atom stereocenters. The number of hydrogen-bond donors (Lipinski definition) is 1. The Balaban J connectivity index is 2.43. The Kier molecular flexibility index (Phi) is 4.47. The van der Waals surface area contributed by atoms with Gasteiger partial charge < -0.3 is 19.5 Å². The first-order valence-corrected chi connectivity index (χ1v) is 6.53. The van der Waals surface area contributed by atoms with E-state index in [-0.39, 0.29) is 0 Å². The maximum absolute atomic E-state index is 10.2. The average molecular weight is 275 g/mol. The highest BCUT2D eigenvalue weighted by molar-refractivity contribution is 5.86. The van der Waals surface area contributed by atoms with Crippen LogP contribution >= 0.6 is 0 Å². The van der Waals surface area contributed by atoms with Gasteiger partial charge in [0.2, 0.25) is 0 Å². The Morgan fingerprint density at radius 1 is 1.00 bits per heavy atom. The quantitative estimate of drug-likeness (QED) is 0.910. The second-order valence-electron chi connectivity index (χ2n) is 5.09. The highest BCUT2D eigenvalue weighted by atomic mass is 16.5.